The van der Waals surface area contributed by atoms with E-state index in [9.17, 15) is 0 Å². The Morgan fingerprint density at radius 1 is 1.10 bits per heavy atom. The van der Waals surface area contributed by atoms with E-state index in [0.717, 1.165) is 18.4 Å². The number of hydrogen-bond acceptors (Lipinski definition) is 3. The number of fused-ring (bicyclic) bond motifs is 1. The molecule has 1 heterocycles. The molecule has 0 amide bonds. The summed E-state index contributed by atoms with van der Waals surface area (Å²) in [5, 5.41) is 1.18. The van der Waals surface area contributed by atoms with E-state index in [4.69, 9.17) is 5.84 Å². The van der Waals surface area contributed by atoms with Crippen molar-refractivity contribution in [3.63, 3.8) is 0 Å². The lowest BCUT2D eigenvalue weighted by Crippen LogP contribution is -2.29. The zero-order valence-electron chi connectivity index (χ0n) is 11.7. The molecule has 1 aliphatic rings. The fourth-order valence-electron chi connectivity index (χ4n) is 3.08. The molecular formula is C17H21N3. The molecule has 104 valence electrons. The average Bonchev–Trinajstić information content (AvgIpc) is 2.78. The zero-order chi connectivity index (χ0) is 13.8. The Morgan fingerprint density at radius 3 is 2.95 bits per heavy atom. The number of benzene rings is 1. The number of allylic oxidation sites excluding steroid dienone is 1. The largest absolute Gasteiger partial charge is 0.271 e. The molecule has 0 bridgehead atoms. The highest BCUT2D eigenvalue weighted by atomic mass is 15.2. The number of rotatable bonds is 3. The molecule has 0 aliphatic heterocycles. The Hall–Kier alpha value is -1.71. The van der Waals surface area contributed by atoms with Crippen LogP contribution in [0.25, 0.3) is 10.9 Å². The average molecular weight is 267 g/mol. The van der Waals surface area contributed by atoms with Crippen molar-refractivity contribution in [2.75, 3.05) is 0 Å². The van der Waals surface area contributed by atoms with Crippen molar-refractivity contribution in [2.45, 2.75) is 38.1 Å². The van der Waals surface area contributed by atoms with Crippen molar-refractivity contribution in [1.29, 1.82) is 0 Å². The molecule has 1 atom stereocenters. The summed E-state index contributed by atoms with van der Waals surface area (Å²) in [6, 6.07) is 10.5. The Kier molecular flexibility index (Phi) is 4.09. The lowest BCUT2D eigenvalue weighted by atomic mass is 9.93. The molecule has 20 heavy (non-hydrogen) atoms. The van der Waals surface area contributed by atoms with Crippen LogP contribution in [-0.2, 0) is 0 Å². The van der Waals surface area contributed by atoms with Crippen LogP contribution in [0.2, 0.25) is 0 Å². The summed E-state index contributed by atoms with van der Waals surface area (Å²) in [6.45, 7) is 0. The molecule has 1 unspecified atom stereocenters. The van der Waals surface area contributed by atoms with Crippen LogP contribution in [0.5, 0.6) is 0 Å². The fraction of sp³-hybridized carbons (Fsp3) is 0.353. The van der Waals surface area contributed by atoms with E-state index < -0.39 is 0 Å². The molecular weight excluding hydrogens is 246 g/mol. The van der Waals surface area contributed by atoms with Crippen LogP contribution in [0.3, 0.4) is 0 Å². The quantitative estimate of drug-likeness (QED) is 0.507. The standard InChI is InChI=1S/C17H21N3/c18-20-17(13-7-3-1-2-4-8-13)15-9-5-11-16-14(15)10-6-12-19-16/h5-7,9-12,17,20H,1-4,8,18H2. The molecule has 2 aromatic rings. The minimum Gasteiger partial charge on any atom is -0.271 e. The molecule has 0 fully saturated rings. The summed E-state index contributed by atoms with van der Waals surface area (Å²) in [7, 11) is 0. The Labute approximate surface area is 119 Å². The van der Waals surface area contributed by atoms with Crippen LogP contribution in [0.4, 0.5) is 0 Å². The fourth-order valence-corrected chi connectivity index (χ4v) is 3.08. The maximum Gasteiger partial charge on any atom is 0.0705 e. The summed E-state index contributed by atoms with van der Waals surface area (Å²) in [5.74, 6) is 5.87. The van der Waals surface area contributed by atoms with E-state index in [1.807, 2.05) is 18.3 Å². The van der Waals surface area contributed by atoms with Gasteiger partial charge in [-0.25, -0.2) is 5.43 Å². The number of nitrogens with zero attached hydrogens (tertiary/aromatic N) is 1. The van der Waals surface area contributed by atoms with E-state index in [2.05, 4.69) is 34.7 Å². The predicted molar refractivity (Wildman–Crippen MR) is 83.0 cm³/mol. The number of nitrogens with one attached hydrogen (secondary N) is 1. The van der Waals surface area contributed by atoms with E-state index in [1.54, 1.807) is 0 Å². The van der Waals surface area contributed by atoms with Crippen LogP contribution < -0.4 is 11.3 Å². The van der Waals surface area contributed by atoms with Crippen LogP contribution >= 0.6 is 0 Å². The highest BCUT2D eigenvalue weighted by molar-refractivity contribution is 5.82. The van der Waals surface area contributed by atoms with Gasteiger partial charge < -0.3 is 0 Å². The minimum atomic E-state index is 0.0981. The van der Waals surface area contributed by atoms with E-state index in [1.165, 1.54) is 35.8 Å². The highest BCUT2D eigenvalue weighted by Gasteiger charge is 2.18. The second-order valence-corrected chi connectivity index (χ2v) is 5.40. The molecule has 1 aromatic heterocycles. The van der Waals surface area contributed by atoms with Gasteiger partial charge in [-0.1, -0.05) is 36.3 Å². The number of hydrazine groups is 1. The lowest BCUT2D eigenvalue weighted by Gasteiger charge is -2.21. The van der Waals surface area contributed by atoms with Crippen molar-refractivity contribution < 1.29 is 0 Å². The molecule has 3 heteroatoms. The smallest absolute Gasteiger partial charge is 0.0705 e. The monoisotopic (exact) mass is 267 g/mol. The molecule has 3 nitrogen and oxygen atoms in total. The third-order valence-electron chi connectivity index (χ3n) is 4.10. The molecule has 0 saturated heterocycles. The third-order valence-corrected chi connectivity index (χ3v) is 4.10. The molecule has 0 saturated carbocycles. The van der Waals surface area contributed by atoms with Crippen molar-refractivity contribution in [3.05, 3.63) is 53.7 Å². The minimum absolute atomic E-state index is 0.0981. The second-order valence-electron chi connectivity index (χ2n) is 5.40. The zero-order valence-corrected chi connectivity index (χ0v) is 11.7. The molecule has 1 aliphatic carbocycles. The van der Waals surface area contributed by atoms with Gasteiger partial charge in [0.25, 0.3) is 0 Å². The molecule has 0 radical (unpaired) electrons. The first-order valence-electron chi connectivity index (χ1n) is 7.39. The molecule has 0 spiro atoms. The SMILES string of the molecule is NNC(C1=CCCCCC1)c1cccc2ncccc12. The topological polar surface area (TPSA) is 50.9 Å². The highest BCUT2D eigenvalue weighted by Crippen LogP contribution is 2.32. The van der Waals surface area contributed by atoms with Crippen molar-refractivity contribution in [2.24, 2.45) is 5.84 Å². The van der Waals surface area contributed by atoms with Gasteiger partial charge in [0.05, 0.1) is 11.6 Å². The van der Waals surface area contributed by atoms with Gasteiger partial charge in [0.2, 0.25) is 0 Å². The van der Waals surface area contributed by atoms with Crippen LogP contribution in [0.1, 0.15) is 43.7 Å². The summed E-state index contributed by atoms with van der Waals surface area (Å²) >= 11 is 0. The summed E-state index contributed by atoms with van der Waals surface area (Å²) in [6.07, 6.45) is 10.4. The number of hydrogen-bond donors (Lipinski definition) is 2. The molecule has 1 aromatic carbocycles. The van der Waals surface area contributed by atoms with E-state index in [-0.39, 0.29) is 6.04 Å². The number of pyridine rings is 1. The van der Waals surface area contributed by atoms with Gasteiger partial charge in [0.1, 0.15) is 0 Å². The predicted octanol–water partition coefficient (Wildman–Crippen LogP) is 3.63. The normalized spacial score (nSPS) is 17.6. The van der Waals surface area contributed by atoms with Gasteiger partial charge in [0, 0.05) is 11.6 Å². The Morgan fingerprint density at radius 2 is 2.05 bits per heavy atom. The van der Waals surface area contributed by atoms with Crippen LogP contribution in [0, 0.1) is 0 Å². The van der Waals surface area contributed by atoms with Gasteiger partial charge in [-0.05, 0) is 43.4 Å². The second kappa shape index (κ2) is 6.16. The van der Waals surface area contributed by atoms with Crippen molar-refractivity contribution >= 4 is 10.9 Å². The van der Waals surface area contributed by atoms with Crippen LogP contribution in [0.15, 0.2) is 48.2 Å². The number of nitrogens with two attached hydrogens (primary N) is 1. The van der Waals surface area contributed by atoms with Gasteiger partial charge in [0.15, 0.2) is 0 Å². The van der Waals surface area contributed by atoms with Crippen molar-refractivity contribution in [1.82, 2.24) is 10.4 Å². The summed E-state index contributed by atoms with van der Waals surface area (Å²) < 4.78 is 0. The first kappa shape index (κ1) is 13.3. The van der Waals surface area contributed by atoms with E-state index >= 15 is 0 Å². The van der Waals surface area contributed by atoms with E-state index in [0.29, 0.717) is 0 Å². The Bertz CT molecular complexity index is 613. The Balaban J connectivity index is 2.05. The van der Waals surface area contributed by atoms with Gasteiger partial charge in [-0.2, -0.15) is 0 Å². The van der Waals surface area contributed by atoms with Gasteiger partial charge in [-0.3, -0.25) is 10.8 Å². The number of aromatic nitrogens is 1. The van der Waals surface area contributed by atoms with Gasteiger partial charge in [-0.15, -0.1) is 0 Å². The first-order valence-corrected chi connectivity index (χ1v) is 7.39. The molecule has 3 rings (SSSR count). The summed E-state index contributed by atoms with van der Waals surface area (Å²) in [4.78, 5) is 4.43. The maximum absolute atomic E-state index is 5.87. The first-order chi connectivity index (χ1) is 9.90. The van der Waals surface area contributed by atoms with Crippen LogP contribution in [-0.4, -0.2) is 4.98 Å². The summed E-state index contributed by atoms with van der Waals surface area (Å²) in [5.41, 5.74) is 6.69. The third kappa shape index (κ3) is 2.60. The maximum atomic E-state index is 5.87. The van der Waals surface area contributed by atoms with Crippen molar-refractivity contribution in [3.8, 4) is 0 Å². The lowest BCUT2D eigenvalue weighted by molar-refractivity contribution is 0.596. The van der Waals surface area contributed by atoms with Gasteiger partial charge >= 0.3 is 0 Å². The molecule has 3 N–H and O–H groups in total.